The van der Waals surface area contributed by atoms with Crippen molar-refractivity contribution in [2.75, 3.05) is 0 Å². The van der Waals surface area contributed by atoms with E-state index in [0.717, 1.165) is 22.4 Å². The number of ether oxygens (including phenoxy) is 2. The molecule has 3 rings (SSSR count). The number of hydrogen-bond donors (Lipinski definition) is 0. The van der Waals surface area contributed by atoms with Gasteiger partial charge in [0.2, 0.25) is 6.29 Å². The first kappa shape index (κ1) is 14.2. The lowest BCUT2D eigenvalue weighted by Crippen LogP contribution is -2.19. The molecular weight excluding hydrogens is 272 g/mol. The molecule has 0 bridgehead atoms. The highest BCUT2D eigenvalue weighted by Crippen LogP contribution is 2.22. The highest BCUT2D eigenvalue weighted by atomic mass is 16.7. The van der Waals surface area contributed by atoms with Gasteiger partial charge in [0.25, 0.3) is 0 Å². The summed E-state index contributed by atoms with van der Waals surface area (Å²) in [6.07, 6.45) is 1.44. The molecule has 0 amide bonds. The average Bonchev–Trinajstić information content (AvgIpc) is 2.55. The van der Waals surface area contributed by atoms with Gasteiger partial charge in [0.05, 0.1) is 0 Å². The minimum absolute atomic E-state index is 0.365. The topological polar surface area (TPSA) is 18.5 Å². The van der Waals surface area contributed by atoms with Crippen molar-refractivity contribution in [3.05, 3.63) is 78.9 Å². The van der Waals surface area contributed by atoms with Crippen LogP contribution in [0.25, 0.3) is 16.8 Å². The van der Waals surface area contributed by atoms with Crippen LogP contribution in [0, 0.1) is 0 Å². The fourth-order valence-corrected chi connectivity index (χ4v) is 2.33. The molecule has 0 aromatic heterocycles. The number of fused-ring (bicyclic) bond motifs is 1. The molecule has 0 radical (unpaired) electrons. The van der Waals surface area contributed by atoms with Gasteiger partial charge in [-0.05, 0) is 40.6 Å². The Morgan fingerprint density at radius 3 is 2.18 bits per heavy atom. The van der Waals surface area contributed by atoms with E-state index in [1.807, 2.05) is 55.5 Å². The zero-order valence-corrected chi connectivity index (χ0v) is 12.5. The van der Waals surface area contributed by atoms with E-state index < -0.39 is 0 Å². The van der Waals surface area contributed by atoms with Gasteiger partial charge in [-0.25, -0.2) is 0 Å². The minimum Gasteiger partial charge on any atom is -0.455 e. The van der Waals surface area contributed by atoms with Crippen LogP contribution in [0.3, 0.4) is 0 Å². The molecule has 0 aliphatic heterocycles. The van der Waals surface area contributed by atoms with E-state index in [1.54, 1.807) is 6.08 Å². The van der Waals surface area contributed by atoms with Crippen molar-refractivity contribution < 1.29 is 9.47 Å². The zero-order valence-electron chi connectivity index (χ0n) is 12.5. The van der Waals surface area contributed by atoms with Crippen molar-refractivity contribution in [3.63, 3.8) is 0 Å². The summed E-state index contributed by atoms with van der Waals surface area (Å²) in [5, 5.41) is 2.35. The zero-order chi connectivity index (χ0) is 15.4. The molecule has 1 unspecified atom stereocenters. The number of benzene rings is 3. The van der Waals surface area contributed by atoms with Crippen molar-refractivity contribution in [2.45, 2.75) is 13.2 Å². The first-order valence-corrected chi connectivity index (χ1v) is 7.29. The maximum absolute atomic E-state index is 5.84. The summed E-state index contributed by atoms with van der Waals surface area (Å²) in [5.41, 5.74) is 1.07. The summed E-state index contributed by atoms with van der Waals surface area (Å²) in [7, 11) is 0. The van der Waals surface area contributed by atoms with E-state index in [9.17, 15) is 0 Å². The van der Waals surface area contributed by atoms with Gasteiger partial charge in [0.15, 0.2) is 0 Å². The van der Waals surface area contributed by atoms with Crippen LogP contribution in [0.4, 0.5) is 0 Å². The van der Waals surface area contributed by atoms with Crippen LogP contribution in [-0.2, 0) is 0 Å². The fourth-order valence-electron chi connectivity index (χ4n) is 2.33. The second kappa shape index (κ2) is 6.35. The first-order valence-electron chi connectivity index (χ1n) is 7.29. The summed E-state index contributed by atoms with van der Waals surface area (Å²) in [4.78, 5) is 0. The molecule has 1 atom stereocenters. The van der Waals surface area contributed by atoms with Crippen molar-refractivity contribution in [1.29, 1.82) is 0 Å². The quantitative estimate of drug-likeness (QED) is 0.595. The van der Waals surface area contributed by atoms with E-state index in [2.05, 4.69) is 24.8 Å². The van der Waals surface area contributed by atoms with Gasteiger partial charge in [0.1, 0.15) is 11.5 Å². The van der Waals surface area contributed by atoms with Crippen molar-refractivity contribution >= 4 is 16.8 Å². The summed E-state index contributed by atoms with van der Waals surface area (Å²) in [6.45, 7) is 5.62. The van der Waals surface area contributed by atoms with Crippen LogP contribution < -0.4 is 9.47 Å². The smallest absolute Gasteiger partial charge is 0.238 e. The van der Waals surface area contributed by atoms with Gasteiger partial charge in [-0.2, -0.15) is 0 Å². The Kier molecular flexibility index (Phi) is 4.10. The van der Waals surface area contributed by atoms with Crippen LogP contribution in [-0.4, -0.2) is 6.29 Å². The SMILES string of the molecule is C=Cc1ccc(OC(C)Oc2ccc3ccccc3c2)cc1. The van der Waals surface area contributed by atoms with E-state index in [1.165, 1.54) is 5.39 Å². The van der Waals surface area contributed by atoms with Crippen LogP contribution in [0.5, 0.6) is 11.5 Å². The molecule has 110 valence electrons. The maximum Gasteiger partial charge on any atom is 0.238 e. The molecule has 0 aliphatic rings. The molecule has 0 aliphatic carbocycles. The molecule has 2 nitrogen and oxygen atoms in total. The van der Waals surface area contributed by atoms with Crippen LogP contribution >= 0.6 is 0 Å². The lowest BCUT2D eigenvalue weighted by Gasteiger charge is -2.17. The third kappa shape index (κ3) is 3.29. The van der Waals surface area contributed by atoms with Gasteiger partial charge in [0, 0.05) is 6.92 Å². The Morgan fingerprint density at radius 2 is 1.45 bits per heavy atom. The van der Waals surface area contributed by atoms with E-state index in [4.69, 9.17) is 9.47 Å². The average molecular weight is 290 g/mol. The second-order valence-corrected chi connectivity index (χ2v) is 5.09. The van der Waals surface area contributed by atoms with Gasteiger partial charge < -0.3 is 9.47 Å². The Labute approximate surface area is 130 Å². The molecule has 3 aromatic rings. The van der Waals surface area contributed by atoms with Gasteiger partial charge in [-0.3, -0.25) is 0 Å². The van der Waals surface area contributed by atoms with Crippen LogP contribution in [0.2, 0.25) is 0 Å². The van der Waals surface area contributed by atoms with Gasteiger partial charge >= 0.3 is 0 Å². The molecule has 3 aromatic carbocycles. The maximum atomic E-state index is 5.84. The third-order valence-electron chi connectivity index (χ3n) is 3.44. The Hall–Kier alpha value is -2.74. The second-order valence-electron chi connectivity index (χ2n) is 5.09. The molecular formula is C20H18O2. The molecule has 0 heterocycles. The van der Waals surface area contributed by atoms with Crippen molar-refractivity contribution in [1.82, 2.24) is 0 Å². The van der Waals surface area contributed by atoms with Crippen molar-refractivity contribution in [3.8, 4) is 11.5 Å². The van der Waals surface area contributed by atoms with Gasteiger partial charge in [-0.15, -0.1) is 0 Å². The summed E-state index contributed by atoms with van der Waals surface area (Å²) >= 11 is 0. The van der Waals surface area contributed by atoms with Gasteiger partial charge in [-0.1, -0.05) is 55.1 Å². The minimum atomic E-state index is -0.365. The van der Waals surface area contributed by atoms with E-state index >= 15 is 0 Å². The lowest BCUT2D eigenvalue weighted by atomic mass is 10.1. The molecule has 0 spiro atoms. The molecule has 2 heteroatoms. The Morgan fingerprint density at radius 1 is 0.818 bits per heavy atom. The van der Waals surface area contributed by atoms with E-state index in [0.29, 0.717) is 0 Å². The monoisotopic (exact) mass is 290 g/mol. The fraction of sp³-hybridized carbons (Fsp3) is 0.100. The largest absolute Gasteiger partial charge is 0.455 e. The molecule has 0 saturated carbocycles. The molecule has 0 fully saturated rings. The molecule has 22 heavy (non-hydrogen) atoms. The summed E-state index contributed by atoms with van der Waals surface area (Å²) in [6, 6.07) is 22.0. The highest BCUT2D eigenvalue weighted by Gasteiger charge is 2.06. The summed E-state index contributed by atoms with van der Waals surface area (Å²) in [5.74, 6) is 1.58. The van der Waals surface area contributed by atoms with Crippen LogP contribution in [0.15, 0.2) is 73.3 Å². The molecule has 0 N–H and O–H groups in total. The van der Waals surface area contributed by atoms with Crippen LogP contribution in [0.1, 0.15) is 12.5 Å². The van der Waals surface area contributed by atoms with E-state index in [-0.39, 0.29) is 6.29 Å². The lowest BCUT2D eigenvalue weighted by molar-refractivity contribution is 0.0224. The summed E-state index contributed by atoms with van der Waals surface area (Å²) < 4.78 is 11.6. The molecule has 0 saturated heterocycles. The third-order valence-corrected chi connectivity index (χ3v) is 3.44. The number of rotatable bonds is 5. The highest BCUT2D eigenvalue weighted by molar-refractivity contribution is 5.83. The predicted molar refractivity (Wildman–Crippen MR) is 91.2 cm³/mol. The first-order chi connectivity index (χ1) is 10.7. The predicted octanol–water partition coefficient (Wildman–Crippen LogP) is 5.29. The standard InChI is InChI=1S/C20H18O2/c1-3-16-8-11-19(12-9-16)21-15(2)22-20-13-10-17-6-4-5-7-18(17)14-20/h3-15H,1H2,2H3. The Bertz CT molecular complexity index is 775. The number of hydrogen-bond acceptors (Lipinski definition) is 2. The normalized spacial score (nSPS) is 11.9. The van der Waals surface area contributed by atoms with Crippen molar-refractivity contribution in [2.24, 2.45) is 0 Å². The Balaban J connectivity index is 1.69.